The Kier molecular flexibility index (Phi) is 4.05. The van der Waals surface area contributed by atoms with Crippen molar-refractivity contribution in [3.05, 3.63) is 17.0 Å². The minimum Gasteiger partial charge on any atom is -0.378 e. The number of ether oxygens (including phenoxy) is 3. The molecule has 21 heavy (non-hydrogen) atoms. The van der Waals surface area contributed by atoms with E-state index in [0.29, 0.717) is 31.8 Å². The van der Waals surface area contributed by atoms with Crippen LogP contribution in [-0.4, -0.2) is 40.4 Å². The highest BCUT2D eigenvalue weighted by molar-refractivity contribution is 7.91. The zero-order chi connectivity index (χ0) is 14.9. The Bertz CT molecular complexity index is 648. The maximum Gasteiger partial charge on any atom is 0.251 e. The van der Waals surface area contributed by atoms with E-state index in [1.165, 1.54) is 0 Å². The number of hydrogen-bond donors (Lipinski definition) is 1. The first-order valence-electron chi connectivity index (χ1n) is 6.46. The summed E-state index contributed by atoms with van der Waals surface area (Å²) in [7, 11) is -3.75. The predicted molar refractivity (Wildman–Crippen MR) is 76.3 cm³/mol. The molecule has 0 radical (unpaired) electrons. The fourth-order valence-electron chi connectivity index (χ4n) is 2.33. The van der Waals surface area contributed by atoms with Crippen molar-refractivity contribution in [1.29, 1.82) is 0 Å². The molecule has 2 aliphatic heterocycles. The van der Waals surface area contributed by atoms with Gasteiger partial charge in [-0.05, 0) is 11.4 Å². The van der Waals surface area contributed by atoms with E-state index >= 15 is 0 Å². The molecule has 3 heterocycles. The smallest absolute Gasteiger partial charge is 0.251 e. The SMILES string of the molecule is C#CC1(NS(=O)(=O)c2sccc2C2OCCO2)CCOC1. The monoisotopic (exact) mass is 329 g/mol. The Morgan fingerprint density at radius 1 is 1.38 bits per heavy atom. The van der Waals surface area contributed by atoms with Crippen molar-refractivity contribution in [2.75, 3.05) is 26.4 Å². The molecule has 6 nitrogen and oxygen atoms in total. The van der Waals surface area contributed by atoms with Gasteiger partial charge in [0.25, 0.3) is 10.0 Å². The van der Waals surface area contributed by atoms with Crippen molar-refractivity contribution < 1.29 is 22.6 Å². The van der Waals surface area contributed by atoms with Crippen LogP contribution in [0.25, 0.3) is 0 Å². The first kappa shape index (κ1) is 15.0. The first-order chi connectivity index (χ1) is 10.1. The van der Waals surface area contributed by atoms with Crippen LogP contribution < -0.4 is 4.72 Å². The second-order valence-corrected chi connectivity index (χ2v) is 7.67. The highest BCUT2D eigenvalue weighted by Crippen LogP contribution is 2.34. The number of hydrogen-bond acceptors (Lipinski definition) is 6. The zero-order valence-corrected chi connectivity index (χ0v) is 12.8. The molecule has 0 amide bonds. The van der Waals surface area contributed by atoms with E-state index < -0.39 is 21.9 Å². The van der Waals surface area contributed by atoms with Crippen LogP contribution in [0.15, 0.2) is 15.7 Å². The quantitative estimate of drug-likeness (QED) is 0.830. The summed E-state index contributed by atoms with van der Waals surface area (Å²) in [6.45, 7) is 1.53. The van der Waals surface area contributed by atoms with Crippen molar-refractivity contribution in [3.8, 4) is 12.3 Å². The molecule has 0 bridgehead atoms. The van der Waals surface area contributed by atoms with Gasteiger partial charge >= 0.3 is 0 Å². The van der Waals surface area contributed by atoms with Crippen molar-refractivity contribution >= 4 is 21.4 Å². The van der Waals surface area contributed by atoms with Crippen LogP contribution in [0.2, 0.25) is 0 Å². The second-order valence-electron chi connectivity index (χ2n) is 4.87. The molecule has 2 aliphatic rings. The molecule has 0 aliphatic carbocycles. The van der Waals surface area contributed by atoms with E-state index in [0.717, 1.165) is 11.3 Å². The topological polar surface area (TPSA) is 73.9 Å². The summed E-state index contributed by atoms with van der Waals surface area (Å²) in [5.41, 5.74) is -0.464. The van der Waals surface area contributed by atoms with E-state index in [1.54, 1.807) is 11.4 Å². The average Bonchev–Trinajstić information content (AvgIpc) is 3.19. The maximum absolute atomic E-state index is 12.6. The Hall–Kier alpha value is -0.950. The van der Waals surface area contributed by atoms with Gasteiger partial charge in [0.2, 0.25) is 0 Å². The van der Waals surface area contributed by atoms with E-state index in [9.17, 15) is 8.42 Å². The molecule has 1 atom stereocenters. The fourth-order valence-corrected chi connectivity index (χ4v) is 5.07. The van der Waals surface area contributed by atoms with Crippen molar-refractivity contribution in [2.24, 2.45) is 0 Å². The van der Waals surface area contributed by atoms with Gasteiger partial charge in [0.05, 0.1) is 19.8 Å². The molecule has 0 spiro atoms. The standard InChI is InChI=1S/C13H15NO5S2/c1-2-13(4-5-17-9-13)14-21(15,16)12-10(3-8-20-12)11-18-6-7-19-11/h1,3,8,11,14H,4-7,9H2. The Labute approximate surface area is 127 Å². The minimum atomic E-state index is -3.75. The van der Waals surface area contributed by atoms with Crippen LogP contribution in [0, 0.1) is 12.3 Å². The third-order valence-corrected chi connectivity index (χ3v) is 6.46. The van der Waals surface area contributed by atoms with Gasteiger partial charge in [-0.25, -0.2) is 8.42 Å². The van der Waals surface area contributed by atoms with Gasteiger partial charge in [-0.2, -0.15) is 4.72 Å². The zero-order valence-electron chi connectivity index (χ0n) is 11.2. The third kappa shape index (κ3) is 2.85. The van der Waals surface area contributed by atoms with Crippen LogP contribution in [0.4, 0.5) is 0 Å². The molecule has 0 saturated carbocycles. The van der Waals surface area contributed by atoms with Gasteiger partial charge in [0, 0.05) is 18.6 Å². The summed E-state index contributed by atoms with van der Waals surface area (Å²) in [5, 5.41) is 1.70. The number of sulfonamides is 1. The molecule has 2 saturated heterocycles. The lowest BCUT2D eigenvalue weighted by Gasteiger charge is -2.22. The summed E-state index contributed by atoms with van der Waals surface area (Å²) >= 11 is 1.12. The molecule has 114 valence electrons. The van der Waals surface area contributed by atoms with Crippen LogP contribution in [-0.2, 0) is 24.2 Å². The van der Waals surface area contributed by atoms with Gasteiger partial charge in [0.1, 0.15) is 9.75 Å². The lowest BCUT2D eigenvalue weighted by molar-refractivity contribution is -0.0456. The van der Waals surface area contributed by atoms with Gasteiger partial charge in [-0.15, -0.1) is 17.8 Å². The minimum absolute atomic E-state index is 0.177. The van der Waals surface area contributed by atoms with Crippen molar-refractivity contribution in [3.63, 3.8) is 0 Å². The molecule has 8 heteroatoms. The summed E-state index contributed by atoms with van der Waals surface area (Å²) < 4.78 is 44.0. The van der Waals surface area contributed by atoms with E-state index in [4.69, 9.17) is 20.6 Å². The van der Waals surface area contributed by atoms with Gasteiger partial charge in [-0.1, -0.05) is 5.92 Å². The lowest BCUT2D eigenvalue weighted by atomic mass is 10.0. The molecule has 1 unspecified atom stereocenters. The second kappa shape index (κ2) is 5.68. The molecular formula is C13H15NO5S2. The van der Waals surface area contributed by atoms with E-state index in [2.05, 4.69) is 10.6 Å². The fraction of sp³-hybridized carbons (Fsp3) is 0.538. The van der Waals surface area contributed by atoms with E-state index in [-0.39, 0.29) is 10.8 Å². The van der Waals surface area contributed by atoms with Crippen LogP contribution in [0.3, 0.4) is 0 Å². The number of nitrogens with one attached hydrogen (secondary N) is 1. The summed E-state index contributed by atoms with van der Waals surface area (Å²) in [6, 6.07) is 1.70. The third-order valence-electron chi connectivity index (χ3n) is 3.41. The molecule has 1 N–H and O–H groups in total. The highest BCUT2D eigenvalue weighted by atomic mass is 32.2. The molecular weight excluding hydrogens is 314 g/mol. The lowest BCUT2D eigenvalue weighted by Crippen LogP contribution is -2.47. The Morgan fingerprint density at radius 3 is 2.76 bits per heavy atom. The van der Waals surface area contributed by atoms with Crippen LogP contribution in [0.1, 0.15) is 18.3 Å². The number of rotatable bonds is 4. The number of terminal acetylenes is 1. The summed E-state index contributed by atoms with van der Waals surface area (Å²) in [6.07, 6.45) is 5.31. The normalized spacial score (nSPS) is 27.0. The Balaban J connectivity index is 1.89. The average molecular weight is 329 g/mol. The Morgan fingerprint density at radius 2 is 2.14 bits per heavy atom. The summed E-state index contributed by atoms with van der Waals surface area (Å²) in [4.78, 5) is 0. The van der Waals surface area contributed by atoms with Crippen molar-refractivity contribution in [2.45, 2.75) is 22.5 Å². The molecule has 1 aromatic rings. The maximum atomic E-state index is 12.6. The van der Waals surface area contributed by atoms with Gasteiger partial charge in [-0.3, -0.25) is 0 Å². The largest absolute Gasteiger partial charge is 0.378 e. The molecule has 0 aromatic carbocycles. The highest BCUT2D eigenvalue weighted by Gasteiger charge is 2.39. The van der Waals surface area contributed by atoms with Gasteiger partial charge in [0.15, 0.2) is 6.29 Å². The molecule has 2 fully saturated rings. The van der Waals surface area contributed by atoms with Crippen molar-refractivity contribution in [1.82, 2.24) is 4.72 Å². The van der Waals surface area contributed by atoms with Gasteiger partial charge < -0.3 is 14.2 Å². The summed E-state index contributed by atoms with van der Waals surface area (Å²) in [5.74, 6) is 2.51. The van der Waals surface area contributed by atoms with Crippen LogP contribution >= 0.6 is 11.3 Å². The number of thiophene rings is 1. The predicted octanol–water partition coefficient (Wildman–Crippen LogP) is 0.864. The van der Waals surface area contributed by atoms with Crippen LogP contribution in [0.5, 0.6) is 0 Å². The molecule has 3 rings (SSSR count). The molecule has 1 aromatic heterocycles. The first-order valence-corrected chi connectivity index (χ1v) is 8.83. The van der Waals surface area contributed by atoms with E-state index in [1.807, 2.05) is 0 Å².